The van der Waals surface area contributed by atoms with Gasteiger partial charge in [0.05, 0.1) is 40.8 Å². The summed E-state index contributed by atoms with van der Waals surface area (Å²) in [5.74, 6) is 0.559. The van der Waals surface area contributed by atoms with Gasteiger partial charge in [-0.3, -0.25) is 14.5 Å². The lowest BCUT2D eigenvalue weighted by Crippen LogP contribution is -2.60. The van der Waals surface area contributed by atoms with Gasteiger partial charge in [-0.05, 0) is 36.6 Å². The van der Waals surface area contributed by atoms with Crippen molar-refractivity contribution in [1.82, 2.24) is 14.9 Å². The van der Waals surface area contributed by atoms with Crippen molar-refractivity contribution in [2.75, 3.05) is 48.0 Å². The van der Waals surface area contributed by atoms with Crippen LogP contribution in [-0.4, -0.2) is 79.9 Å². The van der Waals surface area contributed by atoms with Gasteiger partial charge in [0.1, 0.15) is 0 Å². The summed E-state index contributed by atoms with van der Waals surface area (Å²) in [6.45, 7) is 0.815. The fourth-order valence-corrected chi connectivity index (χ4v) is 6.37. The molecule has 2 amide bonds. The number of hydrogen-bond acceptors (Lipinski definition) is 7. The molecular formula is C26H28N6O5S. The molecule has 1 spiro atoms. The molecule has 2 aliphatic heterocycles. The Kier molecular flexibility index (Phi) is 5.32. The van der Waals surface area contributed by atoms with Crippen LogP contribution in [0.25, 0.3) is 22.0 Å². The third-order valence-corrected chi connectivity index (χ3v) is 8.71. The number of nitrogens with zero attached hydrogens (tertiary/aromatic N) is 5. The van der Waals surface area contributed by atoms with E-state index in [0.29, 0.717) is 30.2 Å². The van der Waals surface area contributed by atoms with Crippen LogP contribution < -0.4 is 14.5 Å². The predicted octanol–water partition coefficient (Wildman–Crippen LogP) is 2.86. The summed E-state index contributed by atoms with van der Waals surface area (Å²) < 4.78 is 26.9. The van der Waals surface area contributed by atoms with Crippen LogP contribution in [0.1, 0.15) is 24.8 Å². The van der Waals surface area contributed by atoms with Crippen LogP contribution in [0, 0.1) is 0 Å². The van der Waals surface area contributed by atoms with E-state index in [0.717, 1.165) is 53.2 Å². The highest BCUT2D eigenvalue weighted by Crippen LogP contribution is 2.55. The van der Waals surface area contributed by atoms with E-state index >= 15 is 0 Å². The third-order valence-electron chi connectivity index (χ3n) is 8.12. The molecule has 0 radical (unpaired) electrons. The number of fused-ring (bicyclic) bond motifs is 4. The second kappa shape index (κ2) is 8.29. The number of amides is 2. The summed E-state index contributed by atoms with van der Waals surface area (Å²) in [5.41, 5.74) is 4.03. The van der Waals surface area contributed by atoms with Gasteiger partial charge in [-0.25, -0.2) is 18.2 Å². The minimum atomic E-state index is -3.60. The van der Waals surface area contributed by atoms with E-state index in [9.17, 15) is 23.1 Å². The molecule has 0 unspecified atom stereocenters. The number of likely N-dealkylation sites (N-methyl/N-ethyl adjacent to an activating group) is 2. The molecule has 3 aliphatic rings. The van der Waals surface area contributed by atoms with E-state index in [4.69, 9.17) is 0 Å². The summed E-state index contributed by atoms with van der Waals surface area (Å²) in [4.78, 5) is 38.4. The Labute approximate surface area is 220 Å². The topological polar surface area (TPSA) is 136 Å². The molecule has 12 heteroatoms. The van der Waals surface area contributed by atoms with Gasteiger partial charge in [-0.1, -0.05) is 12.5 Å². The second-order valence-electron chi connectivity index (χ2n) is 10.5. The molecule has 2 aromatic heterocycles. The summed E-state index contributed by atoms with van der Waals surface area (Å²) in [5, 5.41) is 10.2. The first kappa shape index (κ1) is 24.4. The Hall–Kier alpha value is -3.93. The molecule has 6 rings (SSSR count). The molecule has 4 heterocycles. The van der Waals surface area contributed by atoms with Gasteiger partial charge in [0, 0.05) is 49.9 Å². The summed E-state index contributed by atoms with van der Waals surface area (Å²) >= 11 is 0. The van der Waals surface area contributed by atoms with Crippen molar-refractivity contribution in [3.8, 4) is 11.1 Å². The molecule has 198 valence electrons. The Morgan fingerprint density at radius 3 is 2.53 bits per heavy atom. The van der Waals surface area contributed by atoms with Crippen molar-refractivity contribution < 1.29 is 23.1 Å². The highest BCUT2D eigenvalue weighted by molar-refractivity contribution is 7.92. The number of nitrogens with one attached hydrogen (secondary N) is 1. The van der Waals surface area contributed by atoms with Crippen molar-refractivity contribution >= 4 is 50.1 Å². The maximum Gasteiger partial charge on any atom is 0.407 e. The van der Waals surface area contributed by atoms with Gasteiger partial charge in [0.2, 0.25) is 15.9 Å². The van der Waals surface area contributed by atoms with Crippen LogP contribution in [0.3, 0.4) is 0 Å². The van der Waals surface area contributed by atoms with Gasteiger partial charge in [0.25, 0.3) is 0 Å². The van der Waals surface area contributed by atoms with Crippen LogP contribution in [-0.2, 0) is 20.2 Å². The van der Waals surface area contributed by atoms with E-state index in [1.807, 2.05) is 23.1 Å². The zero-order valence-corrected chi connectivity index (χ0v) is 22.1. The number of pyridine rings is 2. The number of benzene rings is 1. The maximum absolute atomic E-state index is 13.2. The number of carbonyl (C=O) groups is 2. The van der Waals surface area contributed by atoms with Gasteiger partial charge in [0.15, 0.2) is 5.82 Å². The fourth-order valence-electron chi connectivity index (χ4n) is 5.82. The Balaban J connectivity index is 1.41. The number of rotatable bonds is 5. The molecular weight excluding hydrogens is 508 g/mol. The molecule has 1 saturated carbocycles. The van der Waals surface area contributed by atoms with Gasteiger partial charge < -0.3 is 19.8 Å². The van der Waals surface area contributed by atoms with E-state index in [1.54, 1.807) is 30.4 Å². The van der Waals surface area contributed by atoms with Crippen molar-refractivity contribution in [3.05, 3.63) is 42.2 Å². The number of aromatic nitrogens is 2. The number of hydrogen-bond donors (Lipinski definition) is 2. The minimum absolute atomic E-state index is 0.116. The standard InChI is InChI=1S/C26H28N6O5S/c1-30(25(34)35)17-13-32(14-17)23-20(29-38(3,36)37)10-16(11-28-23)15-5-6-19-18(9-15)22-21(12-27-19)31(2)24(33)26(22)7-4-8-26/h5-6,9-12,17,29H,4,7-8,13-14H2,1-3H3,(H,34,35). The molecule has 1 aliphatic carbocycles. The number of carboxylic acid groups (broad SMARTS) is 1. The molecule has 11 nitrogen and oxygen atoms in total. The van der Waals surface area contributed by atoms with E-state index in [2.05, 4.69) is 14.7 Å². The Morgan fingerprint density at radius 1 is 1.16 bits per heavy atom. The quantitative estimate of drug-likeness (QED) is 0.508. The first-order valence-corrected chi connectivity index (χ1v) is 14.3. The van der Waals surface area contributed by atoms with E-state index in [-0.39, 0.29) is 11.9 Å². The Bertz CT molecular complexity index is 1610. The average Bonchev–Trinajstić information content (AvgIpc) is 3.05. The average molecular weight is 537 g/mol. The summed E-state index contributed by atoms with van der Waals surface area (Å²) in [6, 6.07) is 7.38. The maximum atomic E-state index is 13.2. The lowest BCUT2D eigenvalue weighted by molar-refractivity contribution is -0.125. The lowest BCUT2D eigenvalue weighted by Gasteiger charge is -2.44. The highest BCUT2D eigenvalue weighted by Gasteiger charge is 2.54. The smallest absolute Gasteiger partial charge is 0.407 e. The van der Waals surface area contributed by atoms with Crippen LogP contribution >= 0.6 is 0 Å². The van der Waals surface area contributed by atoms with Crippen molar-refractivity contribution in [2.24, 2.45) is 0 Å². The third kappa shape index (κ3) is 3.65. The lowest BCUT2D eigenvalue weighted by atomic mass is 9.64. The number of anilines is 3. The Morgan fingerprint density at radius 2 is 1.89 bits per heavy atom. The molecule has 38 heavy (non-hydrogen) atoms. The first-order valence-electron chi connectivity index (χ1n) is 12.4. The minimum Gasteiger partial charge on any atom is -0.465 e. The molecule has 1 saturated heterocycles. The van der Waals surface area contributed by atoms with Gasteiger partial charge >= 0.3 is 6.09 Å². The fraction of sp³-hybridized carbons (Fsp3) is 0.385. The summed E-state index contributed by atoms with van der Waals surface area (Å²) in [7, 11) is -0.288. The molecule has 3 aromatic rings. The van der Waals surface area contributed by atoms with Crippen LogP contribution in [0.15, 0.2) is 36.7 Å². The second-order valence-corrected chi connectivity index (χ2v) is 12.2. The SMILES string of the molecule is CN1C(=O)C2(CCC2)c2c1cnc1ccc(-c3cnc(N4CC(N(C)C(=O)O)C4)c(NS(C)(=O)=O)c3)cc21. The van der Waals surface area contributed by atoms with E-state index in [1.165, 1.54) is 11.9 Å². The van der Waals surface area contributed by atoms with E-state index < -0.39 is 21.5 Å². The van der Waals surface area contributed by atoms with Crippen LogP contribution in [0.4, 0.5) is 22.0 Å². The van der Waals surface area contributed by atoms with Crippen molar-refractivity contribution in [3.63, 3.8) is 0 Å². The first-order chi connectivity index (χ1) is 18.0. The van der Waals surface area contributed by atoms with Crippen LogP contribution in [0.5, 0.6) is 0 Å². The predicted molar refractivity (Wildman–Crippen MR) is 144 cm³/mol. The monoisotopic (exact) mass is 536 g/mol. The van der Waals surface area contributed by atoms with Crippen LogP contribution in [0.2, 0.25) is 0 Å². The highest BCUT2D eigenvalue weighted by atomic mass is 32.2. The molecule has 0 atom stereocenters. The zero-order chi connectivity index (χ0) is 27.0. The summed E-state index contributed by atoms with van der Waals surface area (Å²) in [6.07, 6.45) is 6.17. The van der Waals surface area contributed by atoms with Gasteiger partial charge in [-0.2, -0.15) is 0 Å². The largest absolute Gasteiger partial charge is 0.465 e. The van der Waals surface area contributed by atoms with Crippen molar-refractivity contribution in [2.45, 2.75) is 30.7 Å². The molecule has 2 fully saturated rings. The number of carbonyl (C=O) groups excluding carboxylic acids is 1. The zero-order valence-electron chi connectivity index (χ0n) is 21.3. The normalized spacial score (nSPS) is 18.3. The molecule has 1 aromatic carbocycles. The molecule has 2 N–H and O–H groups in total. The number of sulfonamides is 1. The molecule has 0 bridgehead atoms. The van der Waals surface area contributed by atoms with Gasteiger partial charge in [-0.15, -0.1) is 0 Å². The van der Waals surface area contributed by atoms with Crippen molar-refractivity contribution in [1.29, 1.82) is 0 Å².